The van der Waals surface area contributed by atoms with Crippen molar-refractivity contribution in [1.82, 2.24) is 5.32 Å². The third-order valence-electron chi connectivity index (χ3n) is 5.42. The number of rotatable bonds is 5. The Morgan fingerprint density at radius 2 is 1.47 bits per heavy atom. The summed E-state index contributed by atoms with van der Waals surface area (Å²) >= 11 is 0. The highest BCUT2D eigenvalue weighted by atomic mass is 15.0. The molecule has 19 heavy (non-hydrogen) atoms. The molecule has 0 aliphatic heterocycles. The van der Waals surface area contributed by atoms with E-state index >= 15 is 0 Å². The van der Waals surface area contributed by atoms with E-state index in [1.54, 1.807) is 0 Å². The second kappa shape index (κ2) is 7.67. The van der Waals surface area contributed by atoms with E-state index in [2.05, 4.69) is 26.1 Å². The first-order valence-corrected chi connectivity index (χ1v) is 8.93. The molecular weight excluding hydrogens is 230 g/mol. The van der Waals surface area contributed by atoms with Crippen LogP contribution >= 0.6 is 0 Å². The molecule has 2 aliphatic carbocycles. The van der Waals surface area contributed by atoms with Crippen LogP contribution in [0.2, 0.25) is 0 Å². The minimum atomic E-state index is 0.832. The first-order chi connectivity index (χ1) is 9.17. The van der Waals surface area contributed by atoms with Gasteiger partial charge in [-0.1, -0.05) is 52.9 Å². The maximum Gasteiger partial charge on any atom is 0.00722 e. The summed E-state index contributed by atoms with van der Waals surface area (Å²) in [6.45, 7) is 7.13. The van der Waals surface area contributed by atoms with Crippen LogP contribution in [-0.4, -0.2) is 12.1 Å². The number of hydrogen-bond acceptors (Lipinski definition) is 1. The van der Waals surface area contributed by atoms with E-state index in [9.17, 15) is 0 Å². The van der Waals surface area contributed by atoms with Crippen molar-refractivity contribution in [2.24, 2.45) is 17.8 Å². The Labute approximate surface area is 120 Å². The smallest absolute Gasteiger partial charge is 0.00722 e. The lowest BCUT2D eigenvalue weighted by molar-refractivity contribution is 0.205. The van der Waals surface area contributed by atoms with Crippen LogP contribution in [0.15, 0.2) is 0 Å². The van der Waals surface area contributed by atoms with Gasteiger partial charge >= 0.3 is 0 Å². The van der Waals surface area contributed by atoms with Crippen LogP contribution in [0.1, 0.15) is 85.0 Å². The second-order valence-corrected chi connectivity index (χ2v) is 7.66. The Hall–Kier alpha value is -0.0400. The molecule has 2 fully saturated rings. The minimum Gasteiger partial charge on any atom is -0.311 e. The van der Waals surface area contributed by atoms with Crippen molar-refractivity contribution in [3.05, 3.63) is 0 Å². The van der Waals surface area contributed by atoms with Crippen molar-refractivity contribution in [3.63, 3.8) is 0 Å². The average molecular weight is 265 g/mol. The lowest BCUT2D eigenvalue weighted by Crippen LogP contribution is -2.43. The van der Waals surface area contributed by atoms with Gasteiger partial charge in [0.15, 0.2) is 0 Å². The fourth-order valence-electron chi connectivity index (χ4n) is 4.47. The van der Waals surface area contributed by atoms with E-state index in [1.807, 2.05) is 0 Å². The lowest BCUT2D eigenvalue weighted by Gasteiger charge is -2.36. The molecular formula is C18H35N. The van der Waals surface area contributed by atoms with Crippen LogP contribution in [0.25, 0.3) is 0 Å². The van der Waals surface area contributed by atoms with E-state index in [1.165, 1.54) is 64.2 Å². The van der Waals surface area contributed by atoms with Crippen LogP contribution in [0, 0.1) is 17.8 Å². The maximum absolute atomic E-state index is 4.03. The summed E-state index contributed by atoms with van der Waals surface area (Å²) in [5.41, 5.74) is 0. The van der Waals surface area contributed by atoms with Crippen molar-refractivity contribution in [2.45, 2.75) is 97.1 Å². The molecule has 2 rings (SSSR count). The largest absolute Gasteiger partial charge is 0.311 e. The van der Waals surface area contributed by atoms with E-state index in [0.29, 0.717) is 0 Å². The summed E-state index contributed by atoms with van der Waals surface area (Å²) in [4.78, 5) is 0. The van der Waals surface area contributed by atoms with Gasteiger partial charge in [0.1, 0.15) is 0 Å². The van der Waals surface area contributed by atoms with Crippen LogP contribution in [0.4, 0.5) is 0 Å². The third-order valence-corrected chi connectivity index (χ3v) is 5.42. The van der Waals surface area contributed by atoms with E-state index < -0.39 is 0 Å². The van der Waals surface area contributed by atoms with Gasteiger partial charge in [0.05, 0.1) is 0 Å². The van der Waals surface area contributed by atoms with E-state index in [-0.39, 0.29) is 0 Å². The first-order valence-electron chi connectivity index (χ1n) is 8.93. The maximum atomic E-state index is 4.03. The van der Waals surface area contributed by atoms with Crippen molar-refractivity contribution in [3.8, 4) is 0 Å². The summed E-state index contributed by atoms with van der Waals surface area (Å²) < 4.78 is 0. The van der Waals surface area contributed by atoms with Gasteiger partial charge in [-0.25, -0.2) is 0 Å². The second-order valence-electron chi connectivity index (χ2n) is 7.66. The summed E-state index contributed by atoms with van der Waals surface area (Å²) in [5.74, 6) is 2.88. The van der Waals surface area contributed by atoms with Crippen LogP contribution in [-0.2, 0) is 0 Å². The molecule has 0 aromatic carbocycles. The molecule has 1 heteroatoms. The summed E-state index contributed by atoms with van der Waals surface area (Å²) in [6.07, 6.45) is 14.5. The molecule has 0 heterocycles. The van der Waals surface area contributed by atoms with Gasteiger partial charge in [-0.15, -0.1) is 0 Å². The average Bonchev–Trinajstić information content (AvgIpc) is 2.38. The zero-order chi connectivity index (χ0) is 13.7. The van der Waals surface area contributed by atoms with Crippen LogP contribution in [0.3, 0.4) is 0 Å². The van der Waals surface area contributed by atoms with Gasteiger partial charge in [-0.05, 0) is 49.9 Å². The van der Waals surface area contributed by atoms with Gasteiger partial charge < -0.3 is 5.32 Å². The first kappa shape index (κ1) is 15.4. The third kappa shape index (κ3) is 5.10. The summed E-state index contributed by atoms with van der Waals surface area (Å²) in [5, 5.41) is 4.03. The van der Waals surface area contributed by atoms with Crippen molar-refractivity contribution in [2.75, 3.05) is 0 Å². The molecule has 0 aromatic heterocycles. The van der Waals surface area contributed by atoms with Crippen molar-refractivity contribution in [1.29, 1.82) is 0 Å². The van der Waals surface area contributed by atoms with Crippen LogP contribution in [0.5, 0.6) is 0 Å². The van der Waals surface area contributed by atoms with Gasteiger partial charge in [-0.3, -0.25) is 0 Å². The lowest BCUT2D eigenvalue weighted by atomic mass is 9.79. The monoisotopic (exact) mass is 265 g/mol. The summed E-state index contributed by atoms with van der Waals surface area (Å²) in [7, 11) is 0. The predicted molar refractivity (Wildman–Crippen MR) is 84.4 cm³/mol. The molecule has 0 saturated heterocycles. The Morgan fingerprint density at radius 1 is 0.895 bits per heavy atom. The molecule has 0 spiro atoms. The van der Waals surface area contributed by atoms with Crippen LogP contribution < -0.4 is 5.32 Å². The molecule has 2 aliphatic rings. The quantitative estimate of drug-likeness (QED) is 0.725. The zero-order valence-corrected chi connectivity index (χ0v) is 13.5. The molecule has 4 unspecified atom stereocenters. The molecule has 0 radical (unpaired) electrons. The Bertz CT molecular complexity index is 248. The van der Waals surface area contributed by atoms with Gasteiger partial charge in [0.2, 0.25) is 0 Å². The SMILES string of the molecule is CCC1CCCC(NC2CCCC(CC(C)C)C2)C1. The fraction of sp³-hybridized carbons (Fsp3) is 1.00. The number of nitrogens with one attached hydrogen (secondary N) is 1. The molecule has 1 N–H and O–H groups in total. The summed E-state index contributed by atoms with van der Waals surface area (Å²) in [6, 6.07) is 1.67. The van der Waals surface area contributed by atoms with Gasteiger partial charge in [-0.2, -0.15) is 0 Å². The molecule has 4 atom stereocenters. The highest BCUT2D eigenvalue weighted by Crippen LogP contribution is 2.32. The van der Waals surface area contributed by atoms with Gasteiger partial charge in [0.25, 0.3) is 0 Å². The van der Waals surface area contributed by atoms with E-state index in [0.717, 1.165) is 29.8 Å². The standard InChI is InChI=1S/C18H35N/c1-4-15-7-5-9-17(12-15)19-18-10-6-8-16(13-18)11-14(2)3/h14-19H,4-13H2,1-3H3. The number of hydrogen-bond donors (Lipinski definition) is 1. The molecule has 2 saturated carbocycles. The Morgan fingerprint density at radius 3 is 2.05 bits per heavy atom. The fourth-order valence-corrected chi connectivity index (χ4v) is 4.47. The Balaban J connectivity index is 1.75. The predicted octanol–water partition coefficient (Wildman–Crippen LogP) is 5.15. The molecule has 0 amide bonds. The minimum absolute atomic E-state index is 0.832. The molecule has 112 valence electrons. The van der Waals surface area contributed by atoms with Gasteiger partial charge in [0, 0.05) is 12.1 Å². The molecule has 0 bridgehead atoms. The topological polar surface area (TPSA) is 12.0 Å². The van der Waals surface area contributed by atoms with Crippen molar-refractivity contribution < 1.29 is 0 Å². The van der Waals surface area contributed by atoms with E-state index in [4.69, 9.17) is 0 Å². The molecule has 0 aromatic rings. The van der Waals surface area contributed by atoms with Crippen molar-refractivity contribution >= 4 is 0 Å². The zero-order valence-electron chi connectivity index (χ0n) is 13.5. The highest BCUT2D eigenvalue weighted by molar-refractivity contribution is 4.84. The highest BCUT2D eigenvalue weighted by Gasteiger charge is 2.27. The molecule has 1 nitrogen and oxygen atoms in total. The normalized spacial score (nSPS) is 36.6. The Kier molecular flexibility index (Phi) is 6.19.